The Hall–Kier alpha value is -2.37. The van der Waals surface area contributed by atoms with Crippen LogP contribution in [0.25, 0.3) is 0 Å². The van der Waals surface area contributed by atoms with E-state index < -0.39 is 11.8 Å². The maximum Gasteiger partial charge on any atom is 0.253 e. The summed E-state index contributed by atoms with van der Waals surface area (Å²) < 4.78 is 0. The lowest BCUT2D eigenvalue weighted by Crippen LogP contribution is -2.31. The van der Waals surface area contributed by atoms with E-state index in [-0.39, 0.29) is 24.2 Å². The highest BCUT2D eigenvalue weighted by Gasteiger charge is 2.38. The summed E-state index contributed by atoms with van der Waals surface area (Å²) in [5, 5.41) is 3.97. The third-order valence-electron chi connectivity index (χ3n) is 3.80. The molecule has 1 aliphatic heterocycles. The first-order valence-corrected chi connectivity index (χ1v) is 7.28. The minimum absolute atomic E-state index is 0.152. The van der Waals surface area contributed by atoms with Gasteiger partial charge in [0, 0.05) is 19.2 Å². The molecule has 0 spiro atoms. The SMILES string of the molecule is Cc1cccc(C(C)C)c1NC(=O)CC1C(=O)NN(C)C1=O. The topological polar surface area (TPSA) is 78.5 Å². The van der Waals surface area contributed by atoms with Crippen molar-refractivity contribution in [3.63, 3.8) is 0 Å². The van der Waals surface area contributed by atoms with Gasteiger partial charge >= 0.3 is 0 Å². The van der Waals surface area contributed by atoms with Gasteiger partial charge in [0.05, 0.1) is 0 Å². The molecule has 0 saturated carbocycles. The Morgan fingerprint density at radius 3 is 2.59 bits per heavy atom. The van der Waals surface area contributed by atoms with Crippen molar-refractivity contribution in [1.29, 1.82) is 0 Å². The Kier molecular flexibility index (Phi) is 4.49. The summed E-state index contributed by atoms with van der Waals surface area (Å²) in [5.74, 6) is -1.83. The van der Waals surface area contributed by atoms with Gasteiger partial charge in [0.1, 0.15) is 5.92 Å². The molecule has 1 atom stereocenters. The summed E-state index contributed by atoms with van der Waals surface area (Å²) in [5.41, 5.74) is 5.15. The van der Waals surface area contributed by atoms with Crippen LogP contribution in [0.2, 0.25) is 0 Å². The van der Waals surface area contributed by atoms with Crippen molar-refractivity contribution in [1.82, 2.24) is 10.4 Å². The number of amides is 3. The summed E-state index contributed by atoms with van der Waals surface area (Å²) in [6.45, 7) is 6.02. The zero-order valence-electron chi connectivity index (χ0n) is 13.3. The van der Waals surface area contributed by atoms with Crippen LogP contribution in [0.4, 0.5) is 5.69 Å². The molecule has 22 heavy (non-hydrogen) atoms. The fourth-order valence-corrected chi connectivity index (χ4v) is 2.54. The fraction of sp³-hybridized carbons (Fsp3) is 0.438. The fourth-order valence-electron chi connectivity index (χ4n) is 2.54. The van der Waals surface area contributed by atoms with Gasteiger partial charge < -0.3 is 5.32 Å². The largest absolute Gasteiger partial charge is 0.326 e. The number of carbonyl (C=O) groups is 3. The molecule has 1 aliphatic rings. The maximum atomic E-state index is 12.2. The number of aryl methyl sites for hydroxylation is 1. The van der Waals surface area contributed by atoms with Gasteiger partial charge in [-0.2, -0.15) is 0 Å². The number of nitrogens with zero attached hydrogens (tertiary/aromatic N) is 1. The van der Waals surface area contributed by atoms with Crippen LogP contribution in [0.15, 0.2) is 18.2 Å². The van der Waals surface area contributed by atoms with Crippen LogP contribution < -0.4 is 10.7 Å². The van der Waals surface area contributed by atoms with Crippen molar-refractivity contribution in [2.24, 2.45) is 5.92 Å². The van der Waals surface area contributed by atoms with Gasteiger partial charge in [-0.1, -0.05) is 32.0 Å². The predicted molar refractivity (Wildman–Crippen MR) is 82.9 cm³/mol. The van der Waals surface area contributed by atoms with E-state index in [1.165, 1.54) is 7.05 Å². The third kappa shape index (κ3) is 3.10. The van der Waals surface area contributed by atoms with Gasteiger partial charge in [-0.3, -0.25) is 24.8 Å². The van der Waals surface area contributed by atoms with Crippen molar-refractivity contribution in [2.75, 3.05) is 12.4 Å². The molecule has 1 aromatic rings. The van der Waals surface area contributed by atoms with E-state index in [1.54, 1.807) is 0 Å². The van der Waals surface area contributed by atoms with E-state index in [0.29, 0.717) is 0 Å². The average Bonchev–Trinajstić information content (AvgIpc) is 2.67. The third-order valence-corrected chi connectivity index (χ3v) is 3.80. The van der Waals surface area contributed by atoms with Crippen LogP contribution in [0.5, 0.6) is 0 Å². The average molecular weight is 303 g/mol. The minimum Gasteiger partial charge on any atom is -0.326 e. The van der Waals surface area contributed by atoms with Gasteiger partial charge in [0.2, 0.25) is 5.91 Å². The Labute approximate surface area is 129 Å². The highest BCUT2D eigenvalue weighted by Crippen LogP contribution is 2.28. The number of hydrazine groups is 1. The second-order valence-corrected chi connectivity index (χ2v) is 5.87. The molecule has 118 valence electrons. The van der Waals surface area contributed by atoms with Crippen molar-refractivity contribution < 1.29 is 14.4 Å². The highest BCUT2D eigenvalue weighted by atomic mass is 16.2. The van der Waals surface area contributed by atoms with E-state index in [4.69, 9.17) is 0 Å². The lowest BCUT2D eigenvalue weighted by Gasteiger charge is -2.17. The van der Waals surface area contributed by atoms with Crippen LogP contribution in [0.1, 0.15) is 37.3 Å². The molecule has 3 amide bonds. The monoisotopic (exact) mass is 303 g/mol. The lowest BCUT2D eigenvalue weighted by atomic mass is 9.97. The molecule has 1 saturated heterocycles. The summed E-state index contributed by atoms with van der Waals surface area (Å²) in [6.07, 6.45) is -0.152. The molecule has 0 radical (unpaired) electrons. The molecule has 1 fully saturated rings. The zero-order valence-corrected chi connectivity index (χ0v) is 13.3. The van der Waals surface area contributed by atoms with Gasteiger partial charge in [0.15, 0.2) is 0 Å². The van der Waals surface area contributed by atoms with Crippen molar-refractivity contribution in [3.05, 3.63) is 29.3 Å². The highest BCUT2D eigenvalue weighted by molar-refractivity contribution is 6.09. The summed E-state index contributed by atoms with van der Waals surface area (Å²) in [4.78, 5) is 35.7. The van der Waals surface area contributed by atoms with Crippen molar-refractivity contribution in [2.45, 2.75) is 33.1 Å². The molecule has 2 rings (SSSR count). The minimum atomic E-state index is -0.948. The summed E-state index contributed by atoms with van der Waals surface area (Å²) in [6, 6.07) is 5.83. The van der Waals surface area contributed by atoms with Crippen LogP contribution in [-0.4, -0.2) is 29.8 Å². The first kappa shape index (κ1) is 16.0. The van der Waals surface area contributed by atoms with Crippen molar-refractivity contribution >= 4 is 23.4 Å². The Morgan fingerprint density at radius 2 is 2.05 bits per heavy atom. The first-order valence-electron chi connectivity index (χ1n) is 7.28. The number of rotatable bonds is 4. The normalized spacial score (nSPS) is 17.9. The molecular weight excluding hydrogens is 282 g/mol. The molecule has 6 heteroatoms. The molecule has 1 heterocycles. The molecule has 0 aliphatic carbocycles. The van der Waals surface area contributed by atoms with Crippen molar-refractivity contribution in [3.8, 4) is 0 Å². The lowest BCUT2D eigenvalue weighted by molar-refractivity contribution is -0.134. The molecule has 1 aromatic carbocycles. The van der Waals surface area contributed by atoms with E-state index in [0.717, 1.165) is 21.8 Å². The quantitative estimate of drug-likeness (QED) is 0.829. The van der Waals surface area contributed by atoms with Gasteiger partial charge in [-0.15, -0.1) is 0 Å². The van der Waals surface area contributed by atoms with Gasteiger partial charge in [-0.25, -0.2) is 0 Å². The van der Waals surface area contributed by atoms with E-state index in [2.05, 4.69) is 10.7 Å². The summed E-state index contributed by atoms with van der Waals surface area (Å²) in [7, 11) is 1.47. The number of para-hydroxylation sites is 1. The van der Waals surface area contributed by atoms with Crippen LogP contribution in [-0.2, 0) is 14.4 Å². The van der Waals surface area contributed by atoms with Crippen LogP contribution in [0.3, 0.4) is 0 Å². The smallest absolute Gasteiger partial charge is 0.253 e. The second kappa shape index (κ2) is 6.17. The first-order chi connectivity index (χ1) is 10.3. The molecule has 0 aromatic heterocycles. The number of hydrogen-bond donors (Lipinski definition) is 2. The number of carbonyl (C=O) groups excluding carboxylic acids is 3. The van der Waals surface area contributed by atoms with Gasteiger partial charge in [0.25, 0.3) is 11.8 Å². The number of nitrogens with one attached hydrogen (secondary N) is 2. The molecule has 1 unspecified atom stereocenters. The van der Waals surface area contributed by atoms with Gasteiger partial charge in [-0.05, 0) is 24.0 Å². The Bertz CT molecular complexity index is 625. The van der Waals surface area contributed by atoms with Crippen LogP contribution >= 0.6 is 0 Å². The maximum absolute atomic E-state index is 12.2. The molecular formula is C16H21N3O3. The predicted octanol–water partition coefficient (Wildman–Crippen LogP) is 1.57. The Morgan fingerprint density at radius 1 is 1.36 bits per heavy atom. The van der Waals surface area contributed by atoms with E-state index >= 15 is 0 Å². The number of benzene rings is 1. The van der Waals surface area contributed by atoms with Crippen LogP contribution in [0, 0.1) is 12.8 Å². The molecule has 6 nitrogen and oxygen atoms in total. The number of anilines is 1. The zero-order chi connectivity index (χ0) is 16.4. The Balaban J connectivity index is 2.13. The summed E-state index contributed by atoms with van der Waals surface area (Å²) >= 11 is 0. The van der Waals surface area contributed by atoms with E-state index in [9.17, 15) is 14.4 Å². The number of hydrogen-bond acceptors (Lipinski definition) is 3. The molecule has 0 bridgehead atoms. The second-order valence-electron chi connectivity index (χ2n) is 5.87. The molecule has 2 N–H and O–H groups in total. The standard InChI is InChI=1S/C16H21N3O3/c1-9(2)11-7-5-6-10(3)14(11)17-13(20)8-12-15(21)18-19(4)16(12)22/h5-7,9,12H,8H2,1-4H3,(H,17,20)(H,18,21). The van der Waals surface area contributed by atoms with E-state index in [1.807, 2.05) is 39.0 Å².